The first-order valence-electron chi connectivity index (χ1n) is 6.25. The molecule has 0 aliphatic rings. The van der Waals surface area contributed by atoms with Gasteiger partial charge >= 0.3 is 5.97 Å². The van der Waals surface area contributed by atoms with Crippen molar-refractivity contribution in [2.45, 2.75) is 13.8 Å². The number of carbonyl (C=O) groups is 1. The van der Waals surface area contributed by atoms with Crippen molar-refractivity contribution in [3.8, 4) is 11.5 Å². The second kappa shape index (κ2) is 6.50. The molecule has 5 heteroatoms. The maximum atomic E-state index is 11.4. The van der Waals surface area contributed by atoms with Crippen LogP contribution in [-0.4, -0.2) is 13.1 Å². The lowest BCUT2D eigenvalue weighted by Gasteiger charge is -2.14. The topological polar surface area (TPSA) is 35.5 Å². The molecule has 0 aromatic heterocycles. The molecule has 2 rings (SSSR count). The number of ether oxygens (including phenoxy) is 2. The number of aryl methyl sites for hydroxylation is 1. The van der Waals surface area contributed by atoms with E-state index < -0.39 is 0 Å². The predicted molar refractivity (Wildman–Crippen MR) is 86.5 cm³/mol. The summed E-state index contributed by atoms with van der Waals surface area (Å²) >= 11 is 9.56. The Bertz CT molecular complexity index is 681. The standard InChI is InChI=1S/C16H14BrClO3/c1-9-8-13(18)14(17)10(2)15(9)21-12-6-4-11(5-7-12)16(19)20-3/h4-8H,1-3H3. The van der Waals surface area contributed by atoms with Gasteiger partial charge in [0, 0.05) is 10.0 Å². The first-order chi connectivity index (χ1) is 9.93. The van der Waals surface area contributed by atoms with Crippen LogP contribution in [0.3, 0.4) is 0 Å². The molecule has 3 nitrogen and oxygen atoms in total. The summed E-state index contributed by atoms with van der Waals surface area (Å²) in [5.74, 6) is 1.02. The minimum Gasteiger partial charge on any atom is -0.465 e. The van der Waals surface area contributed by atoms with E-state index in [9.17, 15) is 4.79 Å². The highest BCUT2D eigenvalue weighted by Crippen LogP contribution is 2.37. The van der Waals surface area contributed by atoms with Gasteiger partial charge in [0.05, 0.1) is 17.7 Å². The Morgan fingerprint density at radius 1 is 1.19 bits per heavy atom. The van der Waals surface area contributed by atoms with E-state index in [2.05, 4.69) is 20.7 Å². The average Bonchev–Trinajstić information content (AvgIpc) is 2.49. The molecule has 0 fully saturated rings. The number of benzene rings is 2. The zero-order valence-corrected chi connectivity index (χ0v) is 14.2. The molecule has 2 aromatic rings. The van der Waals surface area contributed by atoms with Gasteiger partial charge in [0.25, 0.3) is 0 Å². The number of halogens is 2. The van der Waals surface area contributed by atoms with Crippen LogP contribution in [0.25, 0.3) is 0 Å². The highest BCUT2D eigenvalue weighted by atomic mass is 79.9. The number of methoxy groups -OCH3 is 1. The van der Waals surface area contributed by atoms with Crippen molar-refractivity contribution in [1.82, 2.24) is 0 Å². The van der Waals surface area contributed by atoms with Gasteiger partial charge in [0.15, 0.2) is 0 Å². The first-order valence-corrected chi connectivity index (χ1v) is 7.42. The van der Waals surface area contributed by atoms with E-state index in [1.807, 2.05) is 19.9 Å². The summed E-state index contributed by atoms with van der Waals surface area (Å²) in [7, 11) is 1.35. The van der Waals surface area contributed by atoms with Crippen LogP contribution in [-0.2, 0) is 4.74 Å². The van der Waals surface area contributed by atoms with E-state index >= 15 is 0 Å². The maximum Gasteiger partial charge on any atom is 0.337 e. The molecule has 110 valence electrons. The summed E-state index contributed by atoms with van der Waals surface area (Å²) in [6, 6.07) is 8.63. The lowest BCUT2D eigenvalue weighted by atomic mass is 10.1. The molecule has 0 amide bonds. The van der Waals surface area contributed by atoms with E-state index in [1.54, 1.807) is 24.3 Å². The average molecular weight is 370 g/mol. The van der Waals surface area contributed by atoms with E-state index in [0.29, 0.717) is 16.3 Å². The van der Waals surface area contributed by atoms with Crippen LogP contribution in [0.5, 0.6) is 11.5 Å². The predicted octanol–water partition coefficient (Wildman–Crippen LogP) is 5.30. The fourth-order valence-corrected chi connectivity index (χ4v) is 2.55. The molecule has 0 bridgehead atoms. The molecular weight excluding hydrogens is 356 g/mol. The van der Waals surface area contributed by atoms with Crippen molar-refractivity contribution in [1.29, 1.82) is 0 Å². The third-order valence-electron chi connectivity index (χ3n) is 3.08. The second-order valence-corrected chi connectivity index (χ2v) is 5.76. The van der Waals surface area contributed by atoms with Crippen molar-refractivity contribution < 1.29 is 14.3 Å². The fourth-order valence-electron chi connectivity index (χ4n) is 1.95. The minimum atomic E-state index is -0.372. The van der Waals surface area contributed by atoms with Crippen molar-refractivity contribution in [3.63, 3.8) is 0 Å². The number of hydrogen-bond donors (Lipinski definition) is 0. The number of carbonyl (C=O) groups excluding carboxylic acids is 1. The van der Waals surface area contributed by atoms with Crippen LogP contribution in [0.1, 0.15) is 21.5 Å². The van der Waals surface area contributed by atoms with Gasteiger partial charge in [-0.15, -0.1) is 0 Å². The third-order valence-corrected chi connectivity index (χ3v) is 4.62. The highest BCUT2D eigenvalue weighted by Gasteiger charge is 2.13. The van der Waals surface area contributed by atoms with Crippen molar-refractivity contribution in [3.05, 3.63) is 56.5 Å². The zero-order valence-electron chi connectivity index (χ0n) is 11.9. The summed E-state index contributed by atoms with van der Waals surface area (Å²) in [6.45, 7) is 3.87. The Morgan fingerprint density at radius 3 is 2.38 bits per heavy atom. The van der Waals surface area contributed by atoms with Gasteiger partial charge < -0.3 is 9.47 Å². The monoisotopic (exact) mass is 368 g/mol. The molecule has 0 aliphatic heterocycles. The summed E-state index contributed by atoms with van der Waals surface area (Å²) in [4.78, 5) is 11.4. The van der Waals surface area contributed by atoms with Gasteiger partial charge in [-0.1, -0.05) is 11.6 Å². The van der Waals surface area contributed by atoms with E-state index in [-0.39, 0.29) is 5.97 Å². The van der Waals surface area contributed by atoms with Crippen LogP contribution < -0.4 is 4.74 Å². The molecule has 0 saturated heterocycles. The lowest BCUT2D eigenvalue weighted by Crippen LogP contribution is -2.00. The van der Waals surface area contributed by atoms with Crippen LogP contribution in [0, 0.1) is 13.8 Å². The van der Waals surface area contributed by atoms with Crippen molar-refractivity contribution in [2.75, 3.05) is 7.11 Å². The SMILES string of the molecule is COC(=O)c1ccc(Oc2c(C)cc(Cl)c(Br)c2C)cc1. The Morgan fingerprint density at radius 2 is 1.81 bits per heavy atom. The van der Waals surface area contributed by atoms with Gasteiger partial charge in [-0.05, 0) is 65.7 Å². The highest BCUT2D eigenvalue weighted by molar-refractivity contribution is 9.10. The number of esters is 1. The van der Waals surface area contributed by atoms with E-state index in [1.165, 1.54) is 7.11 Å². The quantitative estimate of drug-likeness (QED) is 0.689. The molecule has 0 saturated carbocycles. The number of hydrogen-bond acceptors (Lipinski definition) is 3. The normalized spacial score (nSPS) is 10.3. The Labute approximate surface area is 137 Å². The molecule has 0 radical (unpaired) electrons. The van der Waals surface area contributed by atoms with Gasteiger partial charge in [-0.2, -0.15) is 0 Å². The molecule has 0 N–H and O–H groups in total. The zero-order chi connectivity index (χ0) is 15.6. The molecule has 2 aromatic carbocycles. The van der Waals surface area contributed by atoms with Crippen LogP contribution in [0.15, 0.2) is 34.8 Å². The van der Waals surface area contributed by atoms with E-state index in [0.717, 1.165) is 21.3 Å². The maximum absolute atomic E-state index is 11.4. The molecule has 0 heterocycles. The largest absolute Gasteiger partial charge is 0.465 e. The Balaban J connectivity index is 2.31. The van der Waals surface area contributed by atoms with Gasteiger partial charge in [0.1, 0.15) is 11.5 Å². The molecule has 0 spiro atoms. The smallest absolute Gasteiger partial charge is 0.337 e. The summed E-state index contributed by atoms with van der Waals surface area (Å²) in [5, 5.41) is 0.651. The van der Waals surface area contributed by atoms with Crippen LogP contribution >= 0.6 is 27.5 Å². The van der Waals surface area contributed by atoms with Crippen LogP contribution in [0.4, 0.5) is 0 Å². The second-order valence-electron chi connectivity index (χ2n) is 4.56. The van der Waals surface area contributed by atoms with Gasteiger partial charge in [-0.25, -0.2) is 4.79 Å². The molecule has 0 aliphatic carbocycles. The minimum absolute atomic E-state index is 0.372. The Hall–Kier alpha value is -1.52. The summed E-state index contributed by atoms with van der Waals surface area (Å²) < 4.78 is 11.4. The van der Waals surface area contributed by atoms with E-state index in [4.69, 9.17) is 16.3 Å². The van der Waals surface area contributed by atoms with Crippen molar-refractivity contribution in [2.24, 2.45) is 0 Å². The molecular formula is C16H14BrClO3. The third kappa shape index (κ3) is 3.39. The van der Waals surface area contributed by atoms with Crippen molar-refractivity contribution >= 4 is 33.5 Å². The summed E-state index contributed by atoms with van der Waals surface area (Å²) in [5.41, 5.74) is 2.35. The molecule has 0 unspecified atom stereocenters. The first kappa shape index (κ1) is 15.9. The Kier molecular flexibility index (Phi) is 4.91. The number of rotatable bonds is 3. The lowest BCUT2D eigenvalue weighted by molar-refractivity contribution is 0.0600. The fraction of sp³-hybridized carbons (Fsp3) is 0.188. The van der Waals surface area contributed by atoms with Crippen LogP contribution in [0.2, 0.25) is 5.02 Å². The molecule has 0 atom stereocenters. The summed E-state index contributed by atoms with van der Waals surface area (Å²) in [6.07, 6.45) is 0. The van der Waals surface area contributed by atoms with Gasteiger partial charge in [0.2, 0.25) is 0 Å². The van der Waals surface area contributed by atoms with Gasteiger partial charge in [-0.3, -0.25) is 0 Å². The molecule has 21 heavy (non-hydrogen) atoms.